The lowest BCUT2D eigenvalue weighted by Crippen LogP contribution is -2.57. The van der Waals surface area contributed by atoms with Crippen LogP contribution in [0.3, 0.4) is 0 Å². The van der Waals surface area contributed by atoms with Gasteiger partial charge < -0.3 is 20.1 Å². The second-order valence-electron chi connectivity index (χ2n) is 7.97. The molecule has 0 aromatic heterocycles. The van der Waals surface area contributed by atoms with E-state index in [9.17, 15) is 22.8 Å². The van der Waals surface area contributed by atoms with Crippen LogP contribution in [0.15, 0.2) is 48.5 Å². The van der Waals surface area contributed by atoms with Crippen LogP contribution >= 0.6 is 0 Å². The van der Waals surface area contributed by atoms with Gasteiger partial charge in [-0.05, 0) is 61.7 Å². The van der Waals surface area contributed by atoms with Crippen LogP contribution in [-0.2, 0) is 15.7 Å². The minimum atomic E-state index is -4.49. The molecule has 2 fully saturated rings. The highest BCUT2D eigenvalue weighted by Gasteiger charge is 2.44. The lowest BCUT2D eigenvalue weighted by Gasteiger charge is -2.47. The Balaban J connectivity index is 1.25. The number of rotatable bonds is 6. The van der Waals surface area contributed by atoms with Gasteiger partial charge in [0.2, 0.25) is 0 Å². The predicted octanol–water partition coefficient (Wildman–Crippen LogP) is 4.02. The lowest BCUT2D eigenvalue weighted by atomic mass is 9.72. The smallest absolute Gasteiger partial charge is 0.416 e. The van der Waals surface area contributed by atoms with Crippen LogP contribution in [0.4, 0.5) is 18.9 Å². The zero-order chi connectivity index (χ0) is 22.7. The Kier molecular flexibility index (Phi) is 6.36. The number of halogens is 3. The summed E-state index contributed by atoms with van der Waals surface area (Å²) < 4.78 is 49.3. The molecule has 2 aliphatic rings. The average Bonchev–Trinajstić information content (AvgIpc) is 2.76. The zero-order valence-electron chi connectivity index (χ0n) is 17.2. The molecule has 2 amide bonds. The molecule has 1 heterocycles. The first-order valence-corrected chi connectivity index (χ1v) is 10.4. The van der Waals surface area contributed by atoms with Gasteiger partial charge in [0.25, 0.3) is 11.8 Å². The first-order chi connectivity index (χ1) is 15.3. The van der Waals surface area contributed by atoms with Gasteiger partial charge in [0.05, 0.1) is 11.7 Å². The summed E-state index contributed by atoms with van der Waals surface area (Å²) >= 11 is 0. The number of alkyl halides is 3. The molecule has 1 saturated carbocycles. The average molecular weight is 448 g/mol. The van der Waals surface area contributed by atoms with Crippen LogP contribution in [0, 0.1) is 5.92 Å². The topological polar surface area (TPSA) is 76.7 Å². The number of anilines is 1. The molecular formula is C23H23F3N2O4. The molecule has 3 atom stereocenters. The van der Waals surface area contributed by atoms with Crippen molar-refractivity contribution in [2.24, 2.45) is 5.92 Å². The van der Waals surface area contributed by atoms with E-state index >= 15 is 0 Å². The summed E-state index contributed by atoms with van der Waals surface area (Å²) in [5.41, 5.74) is -0.341. The summed E-state index contributed by atoms with van der Waals surface area (Å²) in [4.78, 5) is 24.5. The maximum absolute atomic E-state index is 12.8. The van der Waals surface area contributed by atoms with Crippen molar-refractivity contribution in [2.75, 3.05) is 18.5 Å². The van der Waals surface area contributed by atoms with Crippen LogP contribution in [0.5, 0.6) is 5.75 Å². The Bertz CT molecular complexity index is 978. The number of carbonyl (C=O) groups is 2. The van der Waals surface area contributed by atoms with Gasteiger partial charge in [0.1, 0.15) is 5.75 Å². The molecule has 1 aliphatic heterocycles. The van der Waals surface area contributed by atoms with Crippen molar-refractivity contribution in [1.29, 1.82) is 0 Å². The third kappa shape index (κ3) is 5.21. The van der Waals surface area contributed by atoms with E-state index < -0.39 is 17.6 Å². The number of fused-ring (bicyclic) bond motifs is 1. The van der Waals surface area contributed by atoms with Crippen LogP contribution in [0.2, 0.25) is 0 Å². The van der Waals surface area contributed by atoms with Crippen LogP contribution < -0.4 is 15.4 Å². The summed E-state index contributed by atoms with van der Waals surface area (Å²) in [7, 11) is 0. The van der Waals surface area contributed by atoms with Gasteiger partial charge in [-0.2, -0.15) is 13.2 Å². The third-order valence-electron chi connectivity index (χ3n) is 5.77. The molecule has 4 rings (SSSR count). The maximum Gasteiger partial charge on any atom is 0.416 e. The highest BCUT2D eigenvalue weighted by atomic mass is 19.4. The van der Waals surface area contributed by atoms with Crippen LogP contribution in [-0.4, -0.2) is 37.2 Å². The number of ether oxygens (including phenoxy) is 2. The fraction of sp³-hybridized carbons (Fsp3) is 0.391. The minimum absolute atomic E-state index is 0.0297. The molecule has 2 aromatic rings. The molecule has 9 heteroatoms. The standard InChI is InChI=1S/C23H23F3N2O4/c24-23(25,26)15-3-1-4-16(11-15)27-21(29)13-32-17-8-6-14(7-9-17)22(30)28-19-12-20-18(19)5-2-10-31-20/h1,3-4,6-9,11,18-20H,2,5,10,12-13H2,(H,27,29)(H,28,30)/t18-,19-,20+/m1/s1. The largest absolute Gasteiger partial charge is 0.484 e. The van der Waals surface area contributed by atoms with Crippen LogP contribution in [0.1, 0.15) is 35.2 Å². The second-order valence-corrected chi connectivity index (χ2v) is 7.97. The van der Waals surface area contributed by atoms with Crippen molar-refractivity contribution in [2.45, 2.75) is 37.6 Å². The highest BCUT2D eigenvalue weighted by Crippen LogP contribution is 2.38. The van der Waals surface area contributed by atoms with Gasteiger partial charge >= 0.3 is 6.18 Å². The lowest BCUT2D eigenvalue weighted by molar-refractivity contribution is -0.137. The van der Waals surface area contributed by atoms with E-state index in [4.69, 9.17) is 9.47 Å². The number of nitrogens with one attached hydrogen (secondary N) is 2. The van der Waals surface area contributed by atoms with Gasteiger partial charge in [0.15, 0.2) is 6.61 Å². The number of hydrogen-bond donors (Lipinski definition) is 2. The molecule has 32 heavy (non-hydrogen) atoms. The molecule has 0 spiro atoms. The van der Waals surface area contributed by atoms with Crippen molar-refractivity contribution in [3.63, 3.8) is 0 Å². The minimum Gasteiger partial charge on any atom is -0.484 e. The molecule has 1 saturated heterocycles. The summed E-state index contributed by atoms with van der Waals surface area (Å²) in [5, 5.41) is 5.41. The van der Waals surface area contributed by atoms with Gasteiger partial charge in [0, 0.05) is 29.8 Å². The van der Waals surface area contributed by atoms with Crippen molar-refractivity contribution in [3.8, 4) is 5.75 Å². The van der Waals surface area contributed by atoms with E-state index in [1.807, 2.05) is 0 Å². The Hall–Kier alpha value is -3.07. The molecule has 2 aromatic carbocycles. The first-order valence-electron chi connectivity index (χ1n) is 10.4. The molecule has 170 valence electrons. The Morgan fingerprint density at radius 2 is 1.91 bits per heavy atom. The normalized spacial score (nSPS) is 22.3. The maximum atomic E-state index is 12.8. The van der Waals surface area contributed by atoms with E-state index in [1.54, 1.807) is 24.3 Å². The van der Waals surface area contributed by atoms with E-state index in [1.165, 1.54) is 12.1 Å². The van der Waals surface area contributed by atoms with Crippen molar-refractivity contribution in [1.82, 2.24) is 5.32 Å². The second kappa shape index (κ2) is 9.20. The number of carbonyl (C=O) groups excluding carboxylic acids is 2. The summed E-state index contributed by atoms with van der Waals surface area (Å²) in [5.74, 6) is -0.0241. The first kappa shape index (κ1) is 22.1. The SMILES string of the molecule is O=C(COc1ccc(C(=O)N[C@@H]2C[C@@H]3OCCC[C@@H]32)cc1)Nc1cccc(C(F)(F)F)c1. The third-order valence-corrected chi connectivity index (χ3v) is 5.77. The summed E-state index contributed by atoms with van der Waals surface area (Å²) in [6, 6.07) is 10.8. The number of amides is 2. The summed E-state index contributed by atoms with van der Waals surface area (Å²) in [6.07, 6.45) is -1.33. The van der Waals surface area contributed by atoms with Crippen molar-refractivity contribution >= 4 is 17.5 Å². The highest BCUT2D eigenvalue weighted by molar-refractivity contribution is 5.94. The molecule has 0 bridgehead atoms. The van der Waals surface area contributed by atoms with E-state index in [2.05, 4.69) is 10.6 Å². The molecule has 0 unspecified atom stereocenters. The van der Waals surface area contributed by atoms with E-state index in [0.717, 1.165) is 38.0 Å². The van der Waals surface area contributed by atoms with Gasteiger partial charge in [-0.3, -0.25) is 9.59 Å². The molecule has 6 nitrogen and oxygen atoms in total. The Labute approximate surface area is 183 Å². The Morgan fingerprint density at radius 1 is 1.12 bits per heavy atom. The van der Waals surface area contributed by atoms with Crippen molar-refractivity contribution < 1.29 is 32.2 Å². The van der Waals surface area contributed by atoms with Crippen LogP contribution in [0.25, 0.3) is 0 Å². The molecule has 2 N–H and O–H groups in total. The predicted molar refractivity (Wildman–Crippen MR) is 110 cm³/mol. The summed E-state index contributed by atoms with van der Waals surface area (Å²) in [6.45, 7) is 0.411. The van der Waals surface area contributed by atoms with Gasteiger partial charge in [-0.1, -0.05) is 6.07 Å². The monoisotopic (exact) mass is 448 g/mol. The van der Waals surface area contributed by atoms with Gasteiger partial charge in [-0.15, -0.1) is 0 Å². The Morgan fingerprint density at radius 3 is 2.62 bits per heavy atom. The quantitative estimate of drug-likeness (QED) is 0.700. The van der Waals surface area contributed by atoms with E-state index in [0.29, 0.717) is 17.2 Å². The zero-order valence-corrected chi connectivity index (χ0v) is 17.2. The molecule has 0 radical (unpaired) electrons. The molecule has 1 aliphatic carbocycles. The fourth-order valence-corrected chi connectivity index (χ4v) is 4.04. The fourth-order valence-electron chi connectivity index (χ4n) is 4.04. The van der Waals surface area contributed by atoms with Gasteiger partial charge in [-0.25, -0.2) is 0 Å². The van der Waals surface area contributed by atoms with E-state index in [-0.39, 0.29) is 30.3 Å². The van der Waals surface area contributed by atoms with Crippen molar-refractivity contribution in [3.05, 3.63) is 59.7 Å². The number of benzene rings is 2. The molecular weight excluding hydrogens is 425 g/mol. The number of hydrogen-bond acceptors (Lipinski definition) is 4.